The average Bonchev–Trinajstić information content (AvgIpc) is 2.26. The first kappa shape index (κ1) is 13.5. The average molecular weight is 255 g/mol. The summed E-state index contributed by atoms with van der Waals surface area (Å²) in [4.78, 5) is 9.11. The van der Waals surface area contributed by atoms with Crippen LogP contribution in [0.15, 0.2) is 24.3 Å². The summed E-state index contributed by atoms with van der Waals surface area (Å²) in [6, 6.07) is 8.06. The van der Waals surface area contributed by atoms with Gasteiger partial charge in [0.1, 0.15) is 5.82 Å². The highest BCUT2D eigenvalue weighted by atomic mass is 15.0. The third-order valence-corrected chi connectivity index (χ3v) is 3.22. The van der Waals surface area contributed by atoms with Crippen LogP contribution >= 0.6 is 0 Å². The van der Waals surface area contributed by atoms with Gasteiger partial charge in [-0.25, -0.2) is 9.97 Å². The zero-order chi connectivity index (χ0) is 14.2. The highest BCUT2D eigenvalue weighted by Crippen LogP contribution is 2.28. The summed E-state index contributed by atoms with van der Waals surface area (Å²) in [5.74, 6) is 1.25. The Balaban J connectivity index is 2.67. The fraction of sp³-hybridized carbons (Fsp3) is 0.375. The van der Waals surface area contributed by atoms with Crippen LogP contribution in [0.4, 0.5) is 5.82 Å². The van der Waals surface area contributed by atoms with E-state index in [9.17, 15) is 0 Å². The molecule has 2 aromatic rings. The summed E-state index contributed by atoms with van der Waals surface area (Å²) in [6.45, 7) is 10.5. The Bertz CT molecular complexity index is 590. The van der Waals surface area contributed by atoms with E-state index in [1.165, 1.54) is 11.1 Å². The number of hydrogen-bond acceptors (Lipinski definition) is 3. The third-order valence-electron chi connectivity index (χ3n) is 3.22. The van der Waals surface area contributed by atoms with E-state index in [-0.39, 0.29) is 5.41 Å². The Morgan fingerprint density at radius 1 is 1.00 bits per heavy atom. The predicted octanol–water partition coefficient (Wildman–Crippen LogP) is 3.64. The molecule has 1 aromatic carbocycles. The minimum absolute atomic E-state index is 0.0393. The Morgan fingerprint density at radius 2 is 1.58 bits per heavy atom. The molecule has 0 spiro atoms. The summed E-state index contributed by atoms with van der Waals surface area (Å²) in [7, 11) is 0. The van der Waals surface area contributed by atoms with Crippen LogP contribution in [0.3, 0.4) is 0 Å². The molecule has 0 aliphatic heterocycles. The first-order valence-corrected chi connectivity index (χ1v) is 6.50. The molecule has 19 heavy (non-hydrogen) atoms. The first-order chi connectivity index (χ1) is 8.79. The highest BCUT2D eigenvalue weighted by Gasteiger charge is 2.19. The number of aromatic nitrogens is 2. The van der Waals surface area contributed by atoms with Crippen molar-refractivity contribution in [3.63, 3.8) is 0 Å². The lowest BCUT2D eigenvalue weighted by Crippen LogP contribution is -2.15. The van der Waals surface area contributed by atoms with Crippen LogP contribution in [0, 0.1) is 13.8 Å². The molecule has 0 aliphatic rings. The maximum absolute atomic E-state index is 5.94. The summed E-state index contributed by atoms with van der Waals surface area (Å²) in [5, 5.41) is 0. The molecule has 0 atom stereocenters. The largest absolute Gasteiger partial charge is 0.384 e. The monoisotopic (exact) mass is 255 g/mol. The molecule has 0 saturated carbocycles. The molecule has 0 amide bonds. The van der Waals surface area contributed by atoms with Crippen LogP contribution in [-0.4, -0.2) is 9.97 Å². The van der Waals surface area contributed by atoms with Crippen LogP contribution in [0.25, 0.3) is 11.4 Å². The van der Waals surface area contributed by atoms with Gasteiger partial charge >= 0.3 is 0 Å². The number of nitrogens with two attached hydrogens (primary N) is 1. The van der Waals surface area contributed by atoms with E-state index in [0.717, 1.165) is 17.1 Å². The molecular weight excluding hydrogens is 234 g/mol. The number of anilines is 1. The summed E-state index contributed by atoms with van der Waals surface area (Å²) in [6.07, 6.45) is 0. The summed E-state index contributed by atoms with van der Waals surface area (Å²) in [5.41, 5.74) is 10.3. The molecule has 0 aliphatic carbocycles. The number of benzene rings is 1. The molecular formula is C16H21N3. The van der Waals surface area contributed by atoms with Crippen molar-refractivity contribution in [1.29, 1.82) is 0 Å². The Morgan fingerprint density at radius 3 is 2.11 bits per heavy atom. The van der Waals surface area contributed by atoms with Crippen LogP contribution < -0.4 is 5.73 Å². The zero-order valence-electron chi connectivity index (χ0n) is 12.3. The Labute approximate surface area is 114 Å². The van der Waals surface area contributed by atoms with E-state index in [4.69, 9.17) is 10.7 Å². The second-order valence-electron chi connectivity index (χ2n) is 6.02. The van der Waals surface area contributed by atoms with Gasteiger partial charge in [0.05, 0.1) is 5.69 Å². The van der Waals surface area contributed by atoms with E-state index in [0.29, 0.717) is 5.82 Å². The van der Waals surface area contributed by atoms with Crippen molar-refractivity contribution in [1.82, 2.24) is 9.97 Å². The molecule has 3 nitrogen and oxygen atoms in total. The number of nitrogen functional groups attached to an aromatic ring is 1. The van der Waals surface area contributed by atoms with E-state index in [1.54, 1.807) is 0 Å². The zero-order valence-corrected chi connectivity index (χ0v) is 12.3. The van der Waals surface area contributed by atoms with Gasteiger partial charge in [0.25, 0.3) is 0 Å². The van der Waals surface area contributed by atoms with E-state index in [1.807, 2.05) is 12.1 Å². The number of aryl methyl sites for hydroxylation is 2. The van der Waals surface area contributed by atoms with Gasteiger partial charge in [-0.05, 0) is 25.0 Å². The van der Waals surface area contributed by atoms with Crippen molar-refractivity contribution in [2.24, 2.45) is 0 Å². The topological polar surface area (TPSA) is 51.8 Å². The predicted molar refractivity (Wildman–Crippen MR) is 80.1 cm³/mol. The maximum Gasteiger partial charge on any atom is 0.162 e. The lowest BCUT2D eigenvalue weighted by Gasteiger charge is -2.19. The van der Waals surface area contributed by atoms with Gasteiger partial charge in [0.15, 0.2) is 5.82 Å². The molecule has 100 valence electrons. The lowest BCUT2D eigenvalue weighted by molar-refractivity contribution is 0.568. The molecule has 1 heterocycles. The van der Waals surface area contributed by atoms with Gasteiger partial charge in [-0.3, -0.25) is 0 Å². The van der Waals surface area contributed by atoms with Gasteiger partial charge in [0.2, 0.25) is 0 Å². The van der Waals surface area contributed by atoms with E-state index in [2.05, 4.69) is 51.7 Å². The van der Waals surface area contributed by atoms with Crippen molar-refractivity contribution in [3.8, 4) is 11.4 Å². The molecule has 2 N–H and O–H groups in total. The van der Waals surface area contributed by atoms with Crippen LogP contribution in [-0.2, 0) is 5.41 Å². The smallest absolute Gasteiger partial charge is 0.162 e. The van der Waals surface area contributed by atoms with Crippen molar-refractivity contribution >= 4 is 5.82 Å². The molecule has 2 rings (SSSR count). The standard InChI is InChI=1S/C16H21N3/c1-10-7-6-8-11(2)14(10)15-18-12(16(3,4)5)9-13(17)19-15/h6-9H,1-5H3,(H2,17,18,19). The number of rotatable bonds is 1. The van der Waals surface area contributed by atoms with Crippen LogP contribution in [0.1, 0.15) is 37.6 Å². The van der Waals surface area contributed by atoms with Gasteiger partial charge < -0.3 is 5.73 Å². The second kappa shape index (κ2) is 4.65. The fourth-order valence-corrected chi connectivity index (χ4v) is 2.13. The van der Waals surface area contributed by atoms with Gasteiger partial charge in [-0.2, -0.15) is 0 Å². The molecule has 0 fully saturated rings. The Kier molecular flexibility index (Phi) is 3.31. The summed E-state index contributed by atoms with van der Waals surface area (Å²) >= 11 is 0. The highest BCUT2D eigenvalue weighted by molar-refractivity contribution is 5.65. The molecule has 0 radical (unpaired) electrons. The molecule has 0 saturated heterocycles. The van der Waals surface area contributed by atoms with E-state index >= 15 is 0 Å². The molecule has 3 heteroatoms. The SMILES string of the molecule is Cc1cccc(C)c1-c1nc(N)cc(C(C)(C)C)n1. The fourth-order valence-electron chi connectivity index (χ4n) is 2.13. The van der Waals surface area contributed by atoms with E-state index < -0.39 is 0 Å². The molecule has 1 aromatic heterocycles. The van der Waals surface area contributed by atoms with Gasteiger partial charge in [-0.1, -0.05) is 39.0 Å². The van der Waals surface area contributed by atoms with Gasteiger partial charge in [0, 0.05) is 17.0 Å². The molecule has 0 unspecified atom stereocenters. The Hall–Kier alpha value is -1.90. The number of hydrogen-bond donors (Lipinski definition) is 1. The van der Waals surface area contributed by atoms with Crippen molar-refractivity contribution in [2.75, 3.05) is 5.73 Å². The quantitative estimate of drug-likeness (QED) is 0.846. The normalized spacial score (nSPS) is 11.6. The lowest BCUT2D eigenvalue weighted by atomic mass is 9.91. The third kappa shape index (κ3) is 2.75. The second-order valence-corrected chi connectivity index (χ2v) is 6.02. The number of nitrogens with zero attached hydrogens (tertiary/aromatic N) is 2. The van der Waals surface area contributed by atoms with Crippen LogP contribution in [0.2, 0.25) is 0 Å². The van der Waals surface area contributed by atoms with Gasteiger partial charge in [-0.15, -0.1) is 0 Å². The molecule has 0 bridgehead atoms. The van der Waals surface area contributed by atoms with Crippen LogP contribution in [0.5, 0.6) is 0 Å². The van der Waals surface area contributed by atoms with Crippen molar-refractivity contribution < 1.29 is 0 Å². The van der Waals surface area contributed by atoms with Crippen molar-refractivity contribution in [3.05, 3.63) is 41.1 Å². The first-order valence-electron chi connectivity index (χ1n) is 6.50. The summed E-state index contributed by atoms with van der Waals surface area (Å²) < 4.78 is 0. The minimum Gasteiger partial charge on any atom is -0.384 e. The maximum atomic E-state index is 5.94. The minimum atomic E-state index is -0.0393. The van der Waals surface area contributed by atoms with Crippen molar-refractivity contribution in [2.45, 2.75) is 40.0 Å².